The average Bonchev–Trinajstić information content (AvgIpc) is 3.21. The highest BCUT2D eigenvalue weighted by Crippen LogP contribution is 2.74. The van der Waals surface area contributed by atoms with E-state index in [4.69, 9.17) is 5.73 Å². The first kappa shape index (κ1) is 14.7. The topological polar surface area (TPSA) is 72.2 Å². The maximum Gasteiger partial charge on any atom is 0.228 e. The predicted octanol–water partition coefficient (Wildman–Crippen LogP) is 2.73. The molecule has 2 bridgehead atoms. The first-order valence-corrected chi connectivity index (χ1v) is 8.76. The van der Waals surface area contributed by atoms with Crippen molar-refractivity contribution in [3.8, 4) is 0 Å². The summed E-state index contributed by atoms with van der Waals surface area (Å²) in [5.74, 6) is -0.129. The van der Waals surface area contributed by atoms with Crippen molar-refractivity contribution >= 4 is 17.5 Å². The molecule has 1 aromatic rings. The smallest absolute Gasteiger partial charge is 0.228 e. The van der Waals surface area contributed by atoms with Gasteiger partial charge in [0.2, 0.25) is 11.8 Å². The molecule has 23 heavy (non-hydrogen) atoms. The van der Waals surface area contributed by atoms with Crippen LogP contribution in [0.15, 0.2) is 24.3 Å². The van der Waals surface area contributed by atoms with Gasteiger partial charge in [0.15, 0.2) is 0 Å². The van der Waals surface area contributed by atoms with Crippen LogP contribution in [0.4, 0.5) is 5.69 Å². The highest BCUT2D eigenvalue weighted by molar-refractivity contribution is 5.97. The molecule has 1 aromatic carbocycles. The highest BCUT2D eigenvalue weighted by Gasteiger charge is 2.71. The van der Waals surface area contributed by atoms with Crippen molar-refractivity contribution < 1.29 is 9.59 Å². The molecule has 3 N–H and O–H groups in total. The summed E-state index contributed by atoms with van der Waals surface area (Å²) in [7, 11) is 0. The quantitative estimate of drug-likeness (QED) is 0.897. The average molecular weight is 312 g/mol. The number of amides is 2. The lowest BCUT2D eigenvalue weighted by atomic mass is 9.78. The Morgan fingerprint density at radius 1 is 1.13 bits per heavy atom. The van der Waals surface area contributed by atoms with Gasteiger partial charge in [-0.15, -0.1) is 0 Å². The van der Waals surface area contributed by atoms with Gasteiger partial charge in [0.25, 0.3) is 0 Å². The number of benzene rings is 1. The Balaban J connectivity index is 1.56. The van der Waals surface area contributed by atoms with Crippen LogP contribution in [0.3, 0.4) is 0 Å². The third-order valence-corrected chi connectivity index (χ3v) is 6.61. The first-order chi connectivity index (χ1) is 11.1. The van der Waals surface area contributed by atoms with Gasteiger partial charge in [-0.2, -0.15) is 0 Å². The summed E-state index contributed by atoms with van der Waals surface area (Å²) < 4.78 is 0. The van der Waals surface area contributed by atoms with Crippen LogP contribution in [0, 0.1) is 29.1 Å². The van der Waals surface area contributed by atoms with Gasteiger partial charge in [0, 0.05) is 5.69 Å². The maximum absolute atomic E-state index is 12.9. The molecule has 0 aliphatic heterocycles. The summed E-state index contributed by atoms with van der Waals surface area (Å²) in [6.07, 6.45) is 5.45. The van der Waals surface area contributed by atoms with E-state index in [0.29, 0.717) is 11.8 Å². The normalized spacial score (nSPS) is 32.9. The molecule has 0 radical (unpaired) electrons. The second-order valence-corrected chi connectivity index (χ2v) is 7.52. The Bertz CT molecular complexity index is 648. The summed E-state index contributed by atoms with van der Waals surface area (Å²) in [4.78, 5) is 24.9. The number of hydrogen-bond donors (Lipinski definition) is 2. The second kappa shape index (κ2) is 5.08. The van der Waals surface area contributed by atoms with Crippen LogP contribution in [-0.2, 0) is 16.0 Å². The van der Waals surface area contributed by atoms with Gasteiger partial charge in [-0.3, -0.25) is 9.59 Å². The van der Waals surface area contributed by atoms with Crippen LogP contribution >= 0.6 is 0 Å². The third-order valence-electron chi connectivity index (χ3n) is 6.61. The number of rotatable bonds is 4. The molecule has 3 aliphatic rings. The molecular formula is C19H24N2O2. The van der Waals surface area contributed by atoms with Gasteiger partial charge in [-0.05, 0) is 67.1 Å². The van der Waals surface area contributed by atoms with E-state index in [1.807, 2.05) is 24.3 Å². The van der Waals surface area contributed by atoms with E-state index >= 15 is 0 Å². The summed E-state index contributed by atoms with van der Waals surface area (Å²) in [6, 6.07) is 7.95. The van der Waals surface area contributed by atoms with Crippen LogP contribution in [-0.4, -0.2) is 11.8 Å². The van der Waals surface area contributed by atoms with E-state index in [0.717, 1.165) is 24.9 Å². The number of nitrogens with one attached hydrogen (secondary N) is 1. The summed E-state index contributed by atoms with van der Waals surface area (Å²) in [5, 5.41) is 3.02. The van der Waals surface area contributed by atoms with Crippen molar-refractivity contribution in [2.45, 2.75) is 39.0 Å². The van der Waals surface area contributed by atoms with Crippen molar-refractivity contribution in [2.24, 2.45) is 34.8 Å². The fourth-order valence-electron chi connectivity index (χ4n) is 5.44. The first-order valence-electron chi connectivity index (χ1n) is 8.76. The molecule has 122 valence electrons. The molecule has 0 unspecified atom stereocenters. The number of nitrogens with two attached hydrogens (primary N) is 1. The molecule has 4 nitrogen and oxygen atoms in total. The molecule has 3 aliphatic carbocycles. The van der Waals surface area contributed by atoms with Gasteiger partial charge in [-0.1, -0.05) is 19.1 Å². The molecule has 4 rings (SSSR count). The minimum Gasteiger partial charge on any atom is -0.369 e. The molecule has 2 amide bonds. The Hall–Kier alpha value is -1.84. The van der Waals surface area contributed by atoms with E-state index in [1.54, 1.807) is 0 Å². The molecule has 3 fully saturated rings. The molecule has 0 heterocycles. The Labute approximate surface area is 136 Å². The lowest BCUT2D eigenvalue weighted by molar-refractivity contribution is -0.132. The lowest BCUT2D eigenvalue weighted by Gasteiger charge is -2.27. The summed E-state index contributed by atoms with van der Waals surface area (Å²) in [6.45, 7) is 2.11. The third kappa shape index (κ3) is 2.11. The molecule has 0 saturated heterocycles. The van der Waals surface area contributed by atoms with E-state index in [-0.39, 0.29) is 29.1 Å². The van der Waals surface area contributed by atoms with Crippen molar-refractivity contribution in [3.05, 3.63) is 29.8 Å². The molecule has 1 spiro atoms. The SMILES string of the molecule is CCc1ccc(NC(=O)[C@H]2[C@@H](C(N)=O)[C@H]3CC[C@@H]2C32CC2)cc1. The van der Waals surface area contributed by atoms with E-state index in [9.17, 15) is 9.59 Å². The Kier molecular flexibility index (Phi) is 3.26. The fourth-order valence-corrected chi connectivity index (χ4v) is 5.44. The Morgan fingerprint density at radius 3 is 2.26 bits per heavy atom. The van der Waals surface area contributed by atoms with Gasteiger partial charge in [0.1, 0.15) is 0 Å². The molecule has 4 atom stereocenters. The van der Waals surface area contributed by atoms with E-state index < -0.39 is 0 Å². The minimum absolute atomic E-state index is 0.0171. The summed E-state index contributed by atoms with van der Waals surface area (Å²) >= 11 is 0. The largest absolute Gasteiger partial charge is 0.369 e. The van der Waals surface area contributed by atoms with Crippen LogP contribution in [0.2, 0.25) is 0 Å². The van der Waals surface area contributed by atoms with Crippen molar-refractivity contribution in [1.29, 1.82) is 0 Å². The van der Waals surface area contributed by atoms with Gasteiger partial charge >= 0.3 is 0 Å². The number of hydrogen-bond acceptors (Lipinski definition) is 2. The van der Waals surface area contributed by atoms with Crippen LogP contribution in [0.5, 0.6) is 0 Å². The monoisotopic (exact) mass is 312 g/mol. The standard InChI is InChI=1S/C19H24N2O2/c1-2-11-3-5-12(6-4-11)21-18(23)16-14-8-7-13(15(16)17(20)22)19(14)9-10-19/h3-6,13-16H,2,7-10H2,1H3,(H2,20,22)(H,21,23)/t13-,14+,15+,16-/m1/s1. The minimum atomic E-state index is -0.287. The fraction of sp³-hybridized carbons (Fsp3) is 0.579. The van der Waals surface area contributed by atoms with Gasteiger partial charge < -0.3 is 11.1 Å². The van der Waals surface area contributed by atoms with Gasteiger partial charge in [0.05, 0.1) is 11.8 Å². The second-order valence-electron chi connectivity index (χ2n) is 7.52. The van der Waals surface area contributed by atoms with Crippen LogP contribution in [0.25, 0.3) is 0 Å². The molecular weight excluding hydrogens is 288 g/mol. The number of primary amides is 1. The van der Waals surface area contributed by atoms with Crippen LogP contribution in [0.1, 0.15) is 38.2 Å². The molecule has 0 aromatic heterocycles. The zero-order valence-corrected chi connectivity index (χ0v) is 13.5. The lowest BCUT2D eigenvalue weighted by Crippen LogP contribution is -2.40. The van der Waals surface area contributed by atoms with Crippen LogP contribution < -0.4 is 11.1 Å². The van der Waals surface area contributed by atoms with Crippen molar-refractivity contribution in [2.75, 3.05) is 5.32 Å². The van der Waals surface area contributed by atoms with E-state index in [2.05, 4.69) is 12.2 Å². The highest BCUT2D eigenvalue weighted by atomic mass is 16.2. The zero-order valence-electron chi connectivity index (χ0n) is 13.5. The zero-order chi connectivity index (χ0) is 16.2. The van der Waals surface area contributed by atoms with Crippen molar-refractivity contribution in [3.63, 3.8) is 0 Å². The maximum atomic E-state index is 12.9. The number of anilines is 1. The Morgan fingerprint density at radius 2 is 1.74 bits per heavy atom. The van der Waals surface area contributed by atoms with E-state index in [1.165, 1.54) is 18.4 Å². The molecule has 4 heteroatoms. The summed E-state index contributed by atoms with van der Waals surface area (Å²) in [5.41, 5.74) is 7.99. The van der Waals surface area contributed by atoms with Gasteiger partial charge in [-0.25, -0.2) is 0 Å². The number of aryl methyl sites for hydroxylation is 1. The molecule has 3 saturated carbocycles. The number of carbonyl (C=O) groups excluding carboxylic acids is 2. The number of carbonyl (C=O) groups is 2. The van der Waals surface area contributed by atoms with Crippen molar-refractivity contribution in [1.82, 2.24) is 0 Å². The predicted molar refractivity (Wildman–Crippen MR) is 88.5 cm³/mol.